The van der Waals surface area contributed by atoms with Gasteiger partial charge in [-0.25, -0.2) is 4.79 Å². The van der Waals surface area contributed by atoms with E-state index in [1.807, 2.05) is 24.3 Å². The van der Waals surface area contributed by atoms with Crippen LogP contribution >= 0.6 is 0 Å². The first-order valence-corrected chi connectivity index (χ1v) is 6.03. The maximum absolute atomic E-state index is 11.0. The molecule has 0 amide bonds. The van der Waals surface area contributed by atoms with Gasteiger partial charge in [0.15, 0.2) is 0 Å². The van der Waals surface area contributed by atoms with Crippen LogP contribution in [-0.4, -0.2) is 26.3 Å². The number of H-pyrrole nitrogens is 1. The van der Waals surface area contributed by atoms with E-state index < -0.39 is 5.97 Å². The van der Waals surface area contributed by atoms with Crippen molar-refractivity contribution >= 4 is 29.0 Å². The molecule has 0 aliphatic heterocycles. The first-order valence-electron chi connectivity index (χ1n) is 6.03. The summed E-state index contributed by atoms with van der Waals surface area (Å²) in [5.41, 5.74) is 2.71. The molecular formula is C15H11N3O2. The number of fused-ring (bicyclic) bond motifs is 1. The number of nitrogens with zero attached hydrogens (tertiary/aromatic N) is 2. The monoisotopic (exact) mass is 265 g/mol. The molecule has 0 radical (unpaired) electrons. The molecule has 0 aliphatic carbocycles. The Morgan fingerprint density at radius 2 is 2.15 bits per heavy atom. The second kappa shape index (κ2) is 4.97. The third kappa shape index (κ3) is 2.29. The number of nitrogens with one attached hydrogen (secondary N) is 1. The van der Waals surface area contributed by atoms with E-state index in [1.54, 1.807) is 30.6 Å². The number of aromatic nitrogens is 3. The Morgan fingerprint density at radius 1 is 1.25 bits per heavy atom. The molecular weight excluding hydrogens is 254 g/mol. The maximum atomic E-state index is 11.0. The Morgan fingerprint density at radius 3 is 2.90 bits per heavy atom. The van der Waals surface area contributed by atoms with Crippen LogP contribution in [0.15, 0.2) is 42.7 Å². The number of hydrogen-bond acceptors (Lipinski definition) is 3. The third-order valence-corrected chi connectivity index (χ3v) is 2.96. The fourth-order valence-corrected chi connectivity index (χ4v) is 1.94. The molecule has 0 atom stereocenters. The molecule has 2 aromatic heterocycles. The lowest BCUT2D eigenvalue weighted by atomic mass is 10.1. The van der Waals surface area contributed by atoms with E-state index in [9.17, 15) is 4.79 Å². The Labute approximate surface area is 114 Å². The average molecular weight is 265 g/mol. The van der Waals surface area contributed by atoms with Gasteiger partial charge in [-0.1, -0.05) is 12.1 Å². The van der Waals surface area contributed by atoms with Crippen LogP contribution in [0.25, 0.3) is 23.1 Å². The average Bonchev–Trinajstić information content (AvgIpc) is 2.88. The molecule has 3 rings (SSSR count). The van der Waals surface area contributed by atoms with Gasteiger partial charge in [-0.2, -0.15) is 5.10 Å². The van der Waals surface area contributed by atoms with E-state index >= 15 is 0 Å². The van der Waals surface area contributed by atoms with Gasteiger partial charge in [0.25, 0.3) is 0 Å². The Kier molecular flexibility index (Phi) is 3.01. The van der Waals surface area contributed by atoms with Crippen molar-refractivity contribution in [1.82, 2.24) is 15.2 Å². The molecule has 0 fully saturated rings. The van der Waals surface area contributed by atoms with Gasteiger partial charge in [-0.15, -0.1) is 0 Å². The quantitative estimate of drug-likeness (QED) is 0.763. The number of carboxylic acid groups (broad SMARTS) is 1. The van der Waals surface area contributed by atoms with E-state index in [-0.39, 0.29) is 5.56 Å². The number of benzene rings is 1. The number of hydrogen-bond donors (Lipinski definition) is 2. The van der Waals surface area contributed by atoms with Crippen molar-refractivity contribution in [3.63, 3.8) is 0 Å². The van der Waals surface area contributed by atoms with Crippen LogP contribution in [0.4, 0.5) is 0 Å². The summed E-state index contributed by atoms with van der Waals surface area (Å²) in [6, 6.07) is 8.67. The van der Waals surface area contributed by atoms with Crippen molar-refractivity contribution in [3.05, 3.63) is 59.5 Å². The maximum Gasteiger partial charge on any atom is 0.335 e. The summed E-state index contributed by atoms with van der Waals surface area (Å²) in [6.45, 7) is 0. The van der Waals surface area contributed by atoms with Crippen molar-refractivity contribution in [1.29, 1.82) is 0 Å². The first kappa shape index (κ1) is 12.1. The number of aromatic amines is 1. The SMILES string of the molecule is O=C(O)c1ccc2[nH]nc(C=Cc3cccnc3)c2c1. The Bertz CT molecular complexity index is 791. The Balaban J connectivity index is 2.01. The molecule has 1 aromatic carbocycles. The third-order valence-electron chi connectivity index (χ3n) is 2.96. The highest BCUT2D eigenvalue weighted by molar-refractivity contribution is 5.96. The fraction of sp³-hybridized carbons (Fsp3) is 0. The smallest absolute Gasteiger partial charge is 0.335 e. The molecule has 0 saturated heterocycles. The molecule has 0 aliphatic rings. The molecule has 2 N–H and O–H groups in total. The fourth-order valence-electron chi connectivity index (χ4n) is 1.94. The molecule has 0 bridgehead atoms. The summed E-state index contributed by atoms with van der Waals surface area (Å²) in [5.74, 6) is -0.949. The van der Waals surface area contributed by atoms with Crippen LogP contribution in [0.3, 0.4) is 0 Å². The van der Waals surface area contributed by atoms with Gasteiger partial charge in [0.05, 0.1) is 16.8 Å². The highest BCUT2D eigenvalue weighted by atomic mass is 16.4. The number of aromatic carboxylic acids is 1. The van der Waals surface area contributed by atoms with Crippen molar-refractivity contribution in [2.24, 2.45) is 0 Å². The molecule has 2 heterocycles. The van der Waals surface area contributed by atoms with Crippen LogP contribution in [0.1, 0.15) is 21.6 Å². The Hall–Kier alpha value is -2.95. The minimum absolute atomic E-state index is 0.245. The van der Waals surface area contributed by atoms with Gasteiger partial charge in [0, 0.05) is 17.8 Å². The lowest BCUT2D eigenvalue weighted by Crippen LogP contribution is -1.94. The number of pyridine rings is 1. The second-order valence-corrected chi connectivity index (χ2v) is 4.29. The van der Waals surface area contributed by atoms with Gasteiger partial charge in [-0.05, 0) is 35.9 Å². The van der Waals surface area contributed by atoms with Gasteiger partial charge in [0.1, 0.15) is 0 Å². The van der Waals surface area contributed by atoms with Crippen LogP contribution in [0.2, 0.25) is 0 Å². The topological polar surface area (TPSA) is 78.9 Å². The minimum Gasteiger partial charge on any atom is -0.478 e. The highest BCUT2D eigenvalue weighted by Gasteiger charge is 2.07. The number of carboxylic acids is 1. The zero-order valence-electron chi connectivity index (χ0n) is 10.4. The van der Waals surface area contributed by atoms with Gasteiger partial charge in [-0.3, -0.25) is 10.1 Å². The van der Waals surface area contributed by atoms with Crippen molar-refractivity contribution in [2.75, 3.05) is 0 Å². The molecule has 98 valence electrons. The second-order valence-electron chi connectivity index (χ2n) is 4.29. The summed E-state index contributed by atoms with van der Waals surface area (Å²) < 4.78 is 0. The molecule has 0 spiro atoms. The predicted molar refractivity (Wildman–Crippen MR) is 76.2 cm³/mol. The molecule has 20 heavy (non-hydrogen) atoms. The zero-order chi connectivity index (χ0) is 13.9. The zero-order valence-corrected chi connectivity index (χ0v) is 10.4. The summed E-state index contributed by atoms with van der Waals surface area (Å²) in [6.07, 6.45) is 7.17. The molecule has 5 nitrogen and oxygen atoms in total. The summed E-state index contributed by atoms with van der Waals surface area (Å²) in [5, 5.41) is 16.9. The minimum atomic E-state index is -0.949. The normalized spacial score (nSPS) is 11.2. The van der Waals surface area contributed by atoms with Gasteiger partial charge in [0.2, 0.25) is 0 Å². The van der Waals surface area contributed by atoms with E-state index in [0.29, 0.717) is 5.69 Å². The van der Waals surface area contributed by atoms with Crippen LogP contribution < -0.4 is 0 Å². The molecule has 3 aromatic rings. The molecule has 5 heteroatoms. The number of rotatable bonds is 3. The first-order chi connectivity index (χ1) is 9.74. The molecule has 0 unspecified atom stereocenters. The summed E-state index contributed by atoms with van der Waals surface area (Å²) in [4.78, 5) is 15.0. The highest BCUT2D eigenvalue weighted by Crippen LogP contribution is 2.19. The van der Waals surface area contributed by atoms with Gasteiger partial charge < -0.3 is 5.11 Å². The van der Waals surface area contributed by atoms with E-state index in [4.69, 9.17) is 5.11 Å². The largest absolute Gasteiger partial charge is 0.478 e. The predicted octanol–water partition coefficient (Wildman–Crippen LogP) is 2.83. The standard InChI is InChI=1S/C15H11N3O2/c19-15(20)11-4-6-14-12(8-11)13(17-18-14)5-3-10-2-1-7-16-9-10/h1-9H,(H,17,18)(H,19,20). The van der Waals surface area contributed by atoms with E-state index in [2.05, 4.69) is 15.2 Å². The lowest BCUT2D eigenvalue weighted by Gasteiger charge is -1.95. The van der Waals surface area contributed by atoms with Crippen molar-refractivity contribution in [3.8, 4) is 0 Å². The van der Waals surface area contributed by atoms with Gasteiger partial charge >= 0.3 is 5.97 Å². The van der Waals surface area contributed by atoms with Crippen LogP contribution in [0, 0.1) is 0 Å². The van der Waals surface area contributed by atoms with Crippen molar-refractivity contribution < 1.29 is 9.90 Å². The van der Waals surface area contributed by atoms with Crippen LogP contribution in [0.5, 0.6) is 0 Å². The van der Waals surface area contributed by atoms with E-state index in [1.165, 1.54) is 0 Å². The summed E-state index contributed by atoms with van der Waals surface area (Å²) >= 11 is 0. The van der Waals surface area contributed by atoms with Crippen LogP contribution in [-0.2, 0) is 0 Å². The van der Waals surface area contributed by atoms with Crippen molar-refractivity contribution in [2.45, 2.75) is 0 Å². The number of carbonyl (C=O) groups is 1. The van der Waals surface area contributed by atoms with E-state index in [0.717, 1.165) is 16.5 Å². The lowest BCUT2D eigenvalue weighted by molar-refractivity contribution is 0.0697. The summed E-state index contributed by atoms with van der Waals surface area (Å²) in [7, 11) is 0. The molecule has 0 saturated carbocycles.